The van der Waals surface area contributed by atoms with Crippen LogP contribution in [0.15, 0.2) is 24.5 Å². The number of amides is 1. The minimum Gasteiger partial charge on any atom is -0.372 e. The van der Waals surface area contributed by atoms with Crippen LogP contribution in [-0.4, -0.2) is 33.0 Å². The summed E-state index contributed by atoms with van der Waals surface area (Å²) in [6.45, 7) is 1.63. The highest BCUT2D eigenvalue weighted by molar-refractivity contribution is 5.94. The van der Waals surface area contributed by atoms with E-state index in [0.29, 0.717) is 31.1 Å². The monoisotopic (exact) mass is 258 g/mol. The molecule has 0 atom stereocenters. The summed E-state index contributed by atoms with van der Waals surface area (Å²) in [5.74, 6) is 0.631. The first kappa shape index (κ1) is 11.9. The maximum absolute atomic E-state index is 12.3. The van der Waals surface area contributed by atoms with E-state index in [2.05, 4.69) is 15.2 Å². The van der Waals surface area contributed by atoms with Crippen LogP contribution in [0.5, 0.6) is 0 Å². The Bertz CT molecular complexity index is 595. The van der Waals surface area contributed by atoms with Crippen molar-refractivity contribution in [3.63, 3.8) is 0 Å². The van der Waals surface area contributed by atoms with E-state index in [9.17, 15) is 4.79 Å². The number of H-pyrrole nitrogens is 1. The van der Waals surface area contributed by atoms with Gasteiger partial charge in [0.2, 0.25) is 0 Å². The molecule has 6 heteroatoms. The van der Waals surface area contributed by atoms with Crippen LogP contribution in [0.1, 0.15) is 27.3 Å². The van der Waals surface area contributed by atoms with E-state index in [0.717, 1.165) is 11.1 Å². The third kappa shape index (κ3) is 2.34. The average molecular weight is 258 g/mol. The molecule has 0 saturated carbocycles. The quantitative estimate of drug-likeness (QED) is 0.895. The number of aromatic amines is 1. The van der Waals surface area contributed by atoms with E-state index < -0.39 is 0 Å². The van der Waals surface area contributed by atoms with E-state index in [-0.39, 0.29) is 5.91 Å². The molecule has 3 rings (SSSR count). The van der Waals surface area contributed by atoms with Gasteiger partial charge < -0.3 is 9.64 Å². The molecule has 19 heavy (non-hydrogen) atoms. The maximum atomic E-state index is 12.3. The first-order chi connectivity index (χ1) is 9.24. The van der Waals surface area contributed by atoms with Gasteiger partial charge in [0, 0.05) is 12.6 Å². The summed E-state index contributed by atoms with van der Waals surface area (Å²) in [4.78, 5) is 17.9. The van der Waals surface area contributed by atoms with Gasteiger partial charge in [0.15, 0.2) is 0 Å². The largest absolute Gasteiger partial charge is 0.372 e. The minimum absolute atomic E-state index is 0.0360. The van der Waals surface area contributed by atoms with Gasteiger partial charge in [-0.15, -0.1) is 0 Å². The van der Waals surface area contributed by atoms with Crippen molar-refractivity contribution >= 4 is 5.91 Å². The highest BCUT2D eigenvalue weighted by atomic mass is 16.5. The van der Waals surface area contributed by atoms with Gasteiger partial charge in [-0.05, 0) is 23.3 Å². The number of carbonyl (C=O) groups is 1. The molecule has 2 heterocycles. The molecule has 1 aromatic carbocycles. The fourth-order valence-electron chi connectivity index (χ4n) is 2.13. The van der Waals surface area contributed by atoms with Crippen LogP contribution in [0.2, 0.25) is 0 Å². The number of benzene rings is 1. The molecular weight excluding hydrogens is 244 g/mol. The number of hydrogen-bond donors (Lipinski definition) is 1. The number of aromatic nitrogens is 3. The summed E-state index contributed by atoms with van der Waals surface area (Å²) in [5, 5.41) is 6.50. The van der Waals surface area contributed by atoms with E-state index in [1.165, 1.54) is 6.33 Å². The second-order valence-corrected chi connectivity index (χ2v) is 4.57. The second kappa shape index (κ2) is 4.81. The SMILES string of the molecule is CN(Cc1ncn[nH]1)C(=O)c1ccc2c(c1)COC2. The fraction of sp³-hybridized carbons (Fsp3) is 0.308. The number of nitrogens with one attached hydrogen (secondary N) is 1. The van der Waals surface area contributed by atoms with Gasteiger partial charge in [0.25, 0.3) is 5.91 Å². The first-order valence-corrected chi connectivity index (χ1v) is 6.03. The van der Waals surface area contributed by atoms with Crippen molar-refractivity contribution in [2.45, 2.75) is 19.8 Å². The lowest BCUT2D eigenvalue weighted by Gasteiger charge is -2.16. The predicted octanol–water partition coefficient (Wildman–Crippen LogP) is 1.11. The van der Waals surface area contributed by atoms with Gasteiger partial charge in [-0.3, -0.25) is 9.89 Å². The van der Waals surface area contributed by atoms with Crippen molar-refractivity contribution in [1.82, 2.24) is 20.1 Å². The molecule has 1 N–H and O–H groups in total. The Morgan fingerprint density at radius 2 is 2.26 bits per heavy atom. The van der Waals surface area contributed by atoms with Crippen LogP contribution < -0.4 is 0 Å². The van der Waals surface area contributed by atoms with Gasteiger partial charge in [-0.2, -0.15) is 5.10 Å². The summed E-state index contributed by atoms with van der Waals surface area (Å²) in [7, 11) is 1.74. The highest BCUT2D eigenvalue weighted by Crippen LogP contribution is 2.21. The Kier molecular flexibility index (Phi) is 3.00. The lowest BCUT2D eigenvalue weighted by Crippen LogP contribution is -2.26. The van der Waals surface area contributed by atoms with Crippen molar-refractivity contribution in [1.29, 1.82) is 0 Å². The van der Waals surface area contributed by atoms with E-state index >= 15 is 0 Å². The Labute approximate surface area is 110 Å². The molecule has 1 amide bonds. The Morgan fingerprint density at radius 3 is 3.05 bits per heavy atom. The number of hydrogen-bond acceptors (Lipinski definition) is 4. The van der Waals surface area contributed by atoms with Crippen molar-refractivity contribution < 1.29 is 9.53 Å². The minimum atomic E-state index is -0.0360. The summed E-state index contributed by atoms with van der Waals surface area (Å²) < 4.78 is 5.35. The third-order valence-corrected chi connectivity index (χ3v) is 3.17. The lowest BCUT2D eigenvalue weighted by molar-refractivity contribution is 0.0781. The molecular formula is C13H14N4O2. The Morgan fingerprint density at radius 1 is 1.42 bits per heavy atom. The molecule has 1 aromatic heterocycles. The van der Waals surface area contributed by atoms with Gasteiger partial charge in [0.1, 0.15) is 12.2 Å². The third-order valence-electron chi connectivity index (χ3n) is 3.17. The number of carbonyl (C=O) groups excluding carboxylic acids is 1. The fourth-order valence-corrected chi connectivity index (χ4v) is 2.13. The van der Waals surface area contributed by atoms with Crippen LogP contribution in [0.25, 0.3) is 0 Å². The molecule has 0 bridgehead atoms. The molecule has 1 aliphatic heterocycles. The lowest BCUT2D eigenvalue weighted by atomic mass is 10.1. The van der Waals surface area contributed by atoms with Crippen molar-refractivity contribution in [2.75, 3.05) is 7.05 Å². The normalized spacial score (nSPS) is 13.3. The van der Waals surface area contributed by atoms with Gasteiger partial charge >= 0.3 is 0 Å². The molecule has 0 fully saturated rings. The summed E-state index contributed by atoms with van der Waals surface area (Å²) in [5.41, 5.74) is 2.93. The zero-order valence-corrected chi connectivity index (χ0v) is 10.6. The number of rotatable bonds is 3. The second-order valence-electron chi connectivity index (χ2n) is 4.57. The average Bonchev–Trinajstić information content (AvgIpc) is 3.07. The number of nitrogens with zero attached hydrogens (tertiary/aromatic N) is 3. The number of ether oxygens (including phenoxy) is 1. The molecule has 6 nitrogen and oxygen atoms in total. The van der Waals surface area contributed by atoms with Gasteiger partial charge in [0.05, 0.1) is 19.8 Å². The maximum Gasteiger partial charge on any atom is 0.254 e. The van der Waals surface area contributed by atoms with Crippen molar-refractivity contribution in [3.8, 4) is 0 Å². The molecule has 0 radical (unpaired) electrons. The van der Waals surface area contributed by atoms with Gasteiger partial charge in [-0.1, -0.05) is 6.07 Å². The molecule has 0 saturated heterocycles. The standard InChI is InChI=1S/C13H14N4O2/c1-17(5-12-14-8-15-16-12)13(18)9-2-3-10-6-19-7-11(10)4-9/h2-4,8H,5-7H2,1H3,(H,14,15,16). The molecule has 0 unspecified atom stereocenters. The van der Waals surface area contributed by atoms with Crippen LogP contribution >= 0.6 is 0 Å². The molecule has 98 valence electrons. The zero-order chi connectivity index (χ0) is 13.2. The van der Waals surface area contributed by atoms with E-state index in [4.69, 9.17) is 4.74 Å². The molecule has 0 spiro atoms. The summed E-state index contributed by atoms with van der Waals surface area (Å²) in [6, 6.07) is 5.70. The topological polar surface area (TPSA) is 71.1 Å². The van der Waals surface area contributed by atoms with E-state index in [1.807, 2.05) is 18.2 Å². The van der Waals surface area contributed by atoms with Crippen LogP contribution in [0.3, 0.4) is 0 Å². The zero-order valence-electron chi connectivity index (χ0n) is 10.6. The summed E-state index contributed by atoms with van der Waals surface area (Å²) in [6.07, 6.45) is 1.43. The Balaban J connectivity index is 1.76. The van der Waals surface area contributed by atoms with Crippen LogP contribution in [-0.2, 0) is 24.5 Å². The molecule has 1 aliphatic rings. The molecule has 2 aromatic rings. The number of fused-ring (bicyclic) bond motifs is 1. The first-order valence-electron chi connectivity index (χ1n) is 6.03. The van der Waals surface area contributed by atoms with Crippen molar-refractivity contribution in [2.24, 2.45) is 0 Å². The summed E-state index contributed by atoms with van der Waals surface area (Å²) >= 11 is 0. The molecule has 0 aliphatic carbocycles. The van der Waals surface area contributed by atoms with Gasteiger partial charge in [-0.25, -0.2) is 4.98 Å². The predicted molar refractivity (Wildman–Crippen MR) is 67.1 cm³/mol. The Hall–Kier alpha value is -2.21. The van der Waals surface area contributed by atoms with Crippen LogP contribution in [0, 0.1) is 0 Å². The van der Waals surface area contributed by atoms with E-state index in [1.54, 1.807) is 11.9 Å². The van der Waals surface area contributed by atoms with Crippen LogP contribution in [0.4, 0.5) is 0 Å². The smallest absolute Gasteiger partial charge is 0.254 e. The highest BCUT2D eigenvalue weighted by Gasteiger charge is 2.17. The van der Waals surface area contributed by atoms with Crippen molar-refractivity contribution in [3.05, 3.63) is 47.0 Å².